The number of phenols is 1. The van der Waals surface area contributed by atoms with Gasteiger partial charge in [0.15, 0.2) is 0 Å². The second-order valence-corrected chi connectivity index (χ2v) is 4.83. The molecule has 16 heavy (non-hydrogen) atoms. The molecule has 1 atom stereocenters. The largest absolute Gasteiger partial charge is 0.507 e. The van der Waals surface area contributed by atoms with Gasteiger partial charge in [0, 0.05) is 18.7 Å². The molecule has 0 spiro atoms. The minimum atomic E-state index is -0.244. The molecule has 0 aromatic heterocycles. The zero-order chi connectivity index (χ0) is 12.1. The summed E-state index contributed by atoms with van der Waals surface area (Å²) in [6.07, 6.45) is 0. The maximum Gasteiger partial charge on any atom is 0.251 e. The summed E-state index contributed by atoms with van der Waals surface area (Å²) in [6.45, 7) is 2.30. The summed E-state index contributed by atoms with van der Waals surface area (Å²) in [6, 6.07) is 4.77. The minimum absolute atomic E-state index is 0.0291. The van der Waals surface area contributed by atoms with Crippen molar-refractivity contribution in [1.82, 2.24) is 5.32 Å². The van der Waals surface area contributed by atoms with Gasteiger partial charge in [-0.2, -0.15) is 0 Å². The van der Waals surface area contributed by atoms with Gasteiger partial charge < -0.3 is 15.5 Å². The molecule has 1 aromatic carbocycles. The predicted octanol–water partition coefficient (Wildman–Crippen LogP) is 1.35. The number of aliphatic hydroxyl groups excluding tert-OH is 1. The predicted molar refractivity (Wildman–Crippen MR) is 69.4 cm³/mol. The Morgan fingerprint density at radius 1 is 1.56 bits per heavy atom. The zero-order valence-corrected chi connectivity index (χ0v) is 11.1. The molecule has 1 aromatic rings. The van der Waals surface area contributed by atoms with Crippen LogP contribution in [0.5, 0.6) is 5.75 Å². The molecule has 0 aliphatic rings. The van der Waals surface area contributed by atoms with Crippen molar-refractivity contribution >= 4 is 28.5 Å². The van der Waals surface area contributed by atoms with Crippen molar-refractivity contribution in [2.75, 3.05) is 13.2 Å². The highest BCUT2D eigenvalue weighted by atomic mass is 127. The van der Waals surface area contributed by atoms with E-state index in [1.165, 1.54) is 6.07 Å². The highest BCUT2D eigenvalue weighted by molar-refractivity contribution is 14.1. The van der Waals surface area contributed by atoms with Gasteiger partial charge in [-0.25, -0.2) is 0 Å². The number of rotatable bonds is 4. The summed E-state index contributed by atoms with van der Waals surface area (Å²) < 4.78 is 0.706. The molecule has 0 aliphatic heterocycles. The molecular weight excluding hydrogens is 321 g/mol. The molecule has 0 bridgehead atoms. The molecule has 0 saturated carbocycles. The van der Waals surface area contributed by atoms with Gasteiger partial charge in [0.05, 0.1) is 3.57 Å². The second-order valence-electron chi connectivity index (χ2n) is 3.66. The van der Waals surface area contributed by atoms with Crippen LogP contribution in [0.4, 0.5) is 0 Å². The molecule has 5 heteroatoms. The Morgan fingerprint density at radius 3 is 2.81 bits per heavy atom. The summed E-state index contributed by atoms with van der Waals surface area (Å²) >= 11 is 1.99. The number of nitrogens with one attached hydrogen (secondary N) is 1. The highest BCUT2D eigenvalue weighted by Crippen LogP contribution is 2.20. The third kappa shape index (κ3) is 3.64. The van der Waals surface area contributed by atoms with E-state index in [-0.39, 0.29) is 24.2 Å². The van der Waals surface area contributed by atoms with Gasteiger partial charge in [-0.05, 0) is 46.7 Å². The summed E-state index contributed by atoms with van der Waals surface area (Å²) in [5.74, 6) is -0.114. The Balaban J connectivity index is 2.63. The Kier molecular flexibility index (Phi) is 5.01. The van der Waals surface area contributed by atoms with Crippen molar-refractivity contribution in [1.29, 1.82) is 0 Å². The lowest BCUT2D eigenvalue weighted by atomic mass is 10.1. The van der Waals surface area contributed by atoms with Crippen LogP contribution in [0, 0.1) is 9.49 Å². The molecule has 1 unspecified atom stereocenters. The maximum absolute atomic E-state index is 11.6. The van der Waals surface area contributed by atoms with Gasteiger partial charge in [0.2, 0.25) is 0 Å². The van der Waals surface area contributed by atoms with E-state index in [2.05, 4.69) is 5.32 Å². The number of carbonyl (C=O) groups is 1. The molecule has 0 saturated heterocycles. The average molecular weight is 335 g/mol. The smallest absolute Gasteiger partial charge is 0.251 e. The van der Waals surface area contributed by atoms with E-state index in [1.54, 1.807) is 12.1 Å². The summed E-state index contributed by atoms with van der Waals surface area (Å²) in [5, 5.41) is 20.9. The highest BCUT2D eigenvalue weighted by Gasteiger charge is 2.09. The monoisotopic (exact) mass is 335 g/mol. The maximum atomic E-state index is 11.6. The first-order valence-electron chi connectivity index (χ1n) is 4.92. The Morgan fingerprint density at radius 2 is 2.25 bits per heavy atom. The summed E-state index contributed by atoms with van der Waals surface area (Å²) in [4.78, 5) is 11.6. The number of hydrogen-bond donors (Lipinski definition) is 3. The molecule has 1 amide bonds. The van der Waals surface area contributed by atoms with Crippen LogP contribution in [-0.2, 0) is 0 Å². The molecule has 0 radical (unpaired) electrons. The number of carbonyl (C=O) groups excluding carboxylic acids is 1. The van der Waals surface area contributed by atoms with E-state index >= 15 is 0 Å². The third-order valence-electron chi connectivity index (χ3n) is 2.13. The van der Waals surface area contributed by atoms with Gasteiger partial charge in [0.1, 0.15) is 5.75 Å². The van der Waals surface area contributed by atoms with Crippen molar-refractivity contribution in [3.63, 3.8) is 0 Å². The van der Waals surface area contributed by atoms with E-state index in [4.69, 9.17) is 5.11 Å². The van der Waals surface area contributed by atoms with Crippen molar-refractivity contribution in [3.05, 3.63) is 27.3 Å². The van der Waals surface area contributed by atoms with Gasteiger partial charge >= 0.3 is 0 Å². The van der Waals surface area contributed by atoms with Crippen molar-refractivity contribution in [3.8, 4) is 5.75 Å². The van der Waals surface area contributed by atoms with E-state index in [0.717, 1.165) is 0 Å². The molecule has 0 heterocycles. The van der Waals surface area contributed by atoms with Crippen LogP contribution in [0.2, 0.25) is 0 Å². The standard InChI is InChI=1S/C11H14INO3/c1-7(6-14)5-13-11(16)8-2-3-9(12)10(15)4-8/h2-4,7,14-15H,5-6H2,1H3,(H,13,16). The van der Waals surface area contributed by atoms with Gasteiger partial charge in [-0.3, -0.25) is 4.79 Å². The Labute approximate surface area is 108 Å². The summed E-state index contributed by atoms with van der Waals surface area (Å²) in [7, 11) is 0. The Bertz CT molecular complexity index is 381. The topological polar surface area (TPSA) is 69.6 Å². The lowest BCUT2D eigenvalue weighted by Crippen LogP contribution is -2.29. The van der Waals surface area contributed by atoms with Gasteiger partial charge in [-0.1, -0.05) is 6.92 Å². The first-order chi connectivity index (χ1) is 7.54. The van der Waals surface area contributed by atoms with Crippen LogP contribution in [0.25, 0.3) is 0 Å². The number of halogens is 1. The van der Waals surface area contributed by atoms with Crippen molar-refractivity contribution in [2.45, 2.75) is 6.92 Å². The first kappa shape index (κ1) is 13.2. The fraction of sp³-hybridized carbons (Fsp3) is 0.364. The van der Waals surface area contributed by atoms with Crippen LogP contribution in [0.1, 0.15) is 17.3 Å². The van der Waals surface area contributed by atoms with Gasteiger partial charge in [0.25, 0.3) is 5.91 Å². The second kappa shape index (κ2) is 6.05. The SMILES string of the molecule is CC(CO)CNC(=O)c1ccc(I)c(O)c1. The molecule has 4 nitrogen and oxygen atoms in total. The fourth-order valence-corrected chi connectivity index (χ4v) is 1.42. The first-order valence-corrected chi connectivity index (χ1v) is 6.00. The zero-order valence-electron chi connectivity index (χ0n) is 8.90. The van der Waals surface area contributed by atoms with Crippen LogP contribution < -0.4 is 5.32 Å². The number of phenolic OH excluding ortho intramolecular Hbond substituents is 1. The van der Waals surface area contributed by atoms with Crippen LogP contribution in [0.3, 0.4) is 0 Å². The molecule has 0 aliphatic carbocycles. The lowest BCUT2D eigenvalue weighted by Gasteiger charge is -2.09. The number of amides is 1. The van der Waals surface area contributed by atoms with E-state index in [0.29, 0.717) is 15.7 Å². The van der Waals surface area contributed by atoms with Crippen molar-refractivity contribution < 1.29 is 15.0 Å². The number of aliphatic hydroxyl groups is 1. The molecule has 1 rings (SSSR count). The van der Waals surface area contributed by atoms with Crippen LogP contribution >= 0.6 is 22.6 Å². The van der Waals surface area contributed by atoms with E-state index in [1.807, 2.05) is 29.5 Å². The minimum Gasteiger partial charge on any atom is -0.507 e. The molecular formula is C11H14INO3. The van der Waals surface area contributed by atoms with E-state index < -0.39 is 0 Å². The average Bonchev–Trinajstić information content (AvgIpc) is 2.29. The van der Waals surface area contributed by atoms with Gasteiger partial charge in [-0.15, -0.1) is 0 Å². The summed E-state index contributed by atoms with van der Waals surface area (Å²) in [5.41, 5.74) is 0.419. The van der Waals surface area contributed by atoms with Crippen molar-refractivity contribution in [2.24, 2.45) is 5.92 Å². The van der Waals surface area contributed by atoms with Crippen LogP contribution in [-0.4, -0.2) is 29.3 Å². The normalized spacial score (nSPS) is 12.2. The molecule has 88 valence electrons. The van der Waals surface area contributed by atoms with E-state index in [9.17, 15) is 9.90 Å². The van der Waals surface area contributed by atoms with Crippen LogP contribution in [0.15, 0.2) is 18.2 Å². The number of aromatic hydroxyl groups is 1. The lowest BCUT2D eigenvalue weighted by molar-refractivity contribution is 0.0942. The Hall–Kier alpha value is -0.820. The number of hydrogen-bond acceptors (Lipinski definition) is 3. The molecule has 0 fully saturated rings. The third-order valence-corrected chi connectivity index (χ3v) is 3.04. The fourth-order valence-electron chi connectivity index (χ4n) is 1.09. The molecule has 3 N–H and O–H groups in total. The number of benzene rings is 1. The quantitative estimate of drug-likeness (QED) is 0.728.